The molecule has 2 aromatic rings. The second-order valence-corrected chi connectivity index (χ2v) is 8.58. The van der Waals surface area contributed by atoms with Gasteiger partial charge in [-0.05, 0) is 0 Å². The van der Waals surface area contributed by atoms with E-state index in [1.807, 2.05) is 0 Å². The van der Waals surface area contributed by atoms with Crippen molar-refractivity contribution in [2.45, 2.75) is 23.5 Å². The van der Waals surface area contributed by atoms with Crippen LogP contribution in [0.2, 0.25) is 0 Å². The smallest absolute Gasteiger partial charge is 0.395 e. The highest BCUT2D eigenvalue weighted by Gasteiger charge is 2.86. The van der Waals surface area contributed by atoms with E-state index in [1.54, 1.807) is 0 Å². The van der Waals surface area contributed by atoms with Gasteiger partial charge < -0.3 is 9.84 Å². The number of nitrogens with zero attached hydrogens (tertiary/aromatic N) is 2. The number of rotatable bonds is 5. The molecule has 2 heterocycles. The van der Waals surface area contributed by atoms with Gasteiger partial charge in [-0.3, -0.25) is 19.2 Å². The van der Waals surface area contributed by atoms with Crippen LogP contribution in [-0.2, 0) is 20.2 Å². The topological polar surface area (TPSA) is 121 Å². The summed E-state index contributed by atoms with van der Waals surface area (Å²) < 4.78 is 219. The van der Waals surface area contributed by atoms with E-state index in [1.165, 1.54) is 0 Å². The Morgan fingerprint density at radius 1 is 0.667 bits per heavy atom. The molecule has 24 heteroatoms. The molecule has 2 aromatic carbocycles. The average Bonchev–Trinajstić information content (AvgIpc) is 3.23. The third-order valence-electron chi connectivity index (χ3n) is 6.19. The summed E-state index contributed by atoms with van der Waals surface area (Å²) in [7, 11) is 0. The lowest BCUT2D eigenvalue weighted by Gasteiger charge is -2.43. The van der Waals surface area contributed by atoms with E-state index in [-0.39, 0.29) is 0 Å². The maximum atomic E-state index is 15.6. The molecular weight excluding hydrogens is 677 g/mol. The van der Waals surface area contributed by atoms with Crippen molar-refractivity contribution in [3.63, 3.8) is 0 Å². The van der Waals surface area contributed by atoms with Crippen molar-refractivity contribution in [3.05, 3.63) is 63.2 Å². The normalized spacial score (nSPS) is 22.1. The zero-order chi connectivity index (χ0) is 34.7. The fraction of sp³-hybridized carbons (Fsp3) is 0.190. The molecule has 2 aliphatic rings. The van der Waals surface area contributed by atoms with E-state index in [0.29, 0.717) is 0 Å². The number of alkyl halides is 6. The van der Waals surface area contributed by atoms with Crippen molar-refractivity contribution in [1.29, 1.82) is 0 Å². The number of halogens is 15. The maximum absolute atomic E-state index is 15.6. The van der Waals surface area contributed by atoms with Gasteiger partial charge >= 0.3 is 41.3 Å². The Morgan fingerprint density at radius 3 is 1.56 bits per heavy atom. The molecule has 0 saturated carbocycles. The first-order valence-corrected chi connectivity index (χ1v) is 10.6. The molecule has 0 bridgehead atoms. The van der Waals surface area contributed by atoms with E-state index >= 15 is 8.78 Å². The summed E-state index contributed by atoms with van der Waals surface area (Å²) in [5.74, 6) is -72.7. The molecule has 0 spiro atoms. The molecule has 0 aliphatic carbocycles. The number of carboxylic acid groups (broad SMARTS) is 1. The summed E-state index contributed by atoms with van der Waals surface area (Å²) in [4.78, 5) is 58.0. The lowest BCUT2D eigenvalue weighted by molar-refractivity contribution is -0.304. The highest BCUT2D eigenvalue weighted by atomic mass is 19.3. The molecule has 0 aromatic heterocycles. The van der Waals surface area contributed by atoms with Crippen LogP contribution in [0.3, 0.4) is 0 Å². The van der Waals surface area contributed by atoms with Gasteiger partial charge in [-0.25, -0.2) is 44.8 Å². The molecule has 4 amide bonds. The molecule has 45 heavy (non-hydrogen) atoms. The van der Waals surface area contributed by atoms with E-state index in [0.717, 1.165) is 0 Å². The molecule has 2 atom stereocenters. The molecule has 1 N–H and O–H groups in total. The summed E-state index contributed by atoms with van der Waals surface area (Å²) in [6, 6.07) is 0. The molecule has 9 nitrogen and oxygen atoms in total. The Bertz CT molecular complexity index is 1770. The predicted molar refractivity (Wildman–Crippen MR) is 101 cm³/mol. The zero-order valence-corrected chi connectivity index (χ0v) is 20.0. The SMILES string of the molecule is O=C1c2c(F)c(F)c(F)c(OC(F)(C(=O)O)c3c(F)c(F)c(F)c(F)c3F)c2C(=O)N1C1(F)C(=O)N(F)C(=O)C(F)(F)C1(F)F. The van der Waals surface area contributed by atoms with Crippen LogP contribution in [0.5, 0.6) is 5.75 Å². The van der Waals surface area contributed by atoms with Crippen LogP contribution in [-0.4, -0.2) is 62.4 Å². The van der Waals surface area contributed by atoms with Crippen LogP contribution in [0, 0.1) is 46.5 Å². The van der Waals surface area contributed by atoms with Gasteiger partial charge in [-0.1, -0.05) is 9.60 Å². The molecule has 1 fully saturated rings. The number of fused-ring (bicyclic) bond motifs is 1. The summed E-state index contributed by atoms with van der Waals surface area (Å²) >= 11 is 0. The van der Waals surface area contributed by atoms with Gasteiger partial charge in [0.2, 0.25) is 11.6 Å². The lowest BCUT2D eigenvalue weighted by atomic mass is 9.92. The number of amides is 4. The number of benzene rings is 2. The first-order chi connectivity index (χ1) is 20.4. The Labute approximate surface area is 232 Å². The van der Waals surface area contributed by atoms with Crippen molar-refractivity contribution >= 4 is 29.6 Å². The fourth-order valence-corrected chi connectivity index (χ4v) is 4.02. The summed E-state index contributed by atoms with van der Waals surface area (Å²) in [6.45, 7) is 0. The van der Waals surface area contributed by atoms with Gasteiger partial charge in [0.05, 0.1) is 5.56 Å². The summed E-state index contributed by atoms with van der Waals surface area (Å²) in [6.07, 6.45) is 0. The number of imide groups is 2. The molecule has 1 saturated heterocycles. The maximum Gasteiger partial charge on any atom is 0.395 e. The Morgan fingerprint density at radius 2 is 1.09 bits per heavy atom. The largest absolute Gasteiger partial charge is 0.476 e. The van der Waals surface area contributed by atoms with Gasteiger partial charge in [0.1, 0.15) is 11.1 Å². The van der Waals surface area contributed by atoms with E-state index < -0.39 is 132 Å². The van der Waals surface area contributed by atoms with Gasteiger partial charge in [0.15, 0.2) is 40.7 Å². The number of aliphatic carboxylic acids is 1. The standard InChI is InChI=1S/C21HF15N2O7/c22-4-1-2(14(40)37(13(1)39)20(33)16(42)38(36)15(41)19(31,32)21(20,34)35)12(11(29)7(4)25)45-18(30,17(43)44)3-5(23)8(26)10(28)9(27)6(3)24/h(H,43,44). The number of hydrogen-bond donors (Lipinski definition) is 1. The number of ether oxygens (including phenoxy) is 1. The van der Waals surface area contributed by atoms with Crippen LogP contribution >= 0.6 is 0 Å². The highest BCUT2D eigenvalue weighted by Crippen LogP contribution is 2.54. The van der Waals surface area contributed by atoms with Crippen molar-refractivity contribution < 1.29 is 99.8 Å². The molecule has 2 aliphatic heterocycles. The van der Waals surface area contributed by atoms with Crippen LogP contribution in [0.1, 0.15) is 26.3 Å². The minimum Gasteiger partial charge on any atom is -0.476 e. The van der Waals surface area contributed by atoms with Crippen molar-refractivity contribution in [2.24, 2.45) is 0 Å². The van der Waals surface area contributed by atoms with Gasteiger partial charge in [-0.15, -0.1) is 0 Å². The van der Waals surface area contributed by atoms with Gasteiger partial charge in [0.25, 0.3) is 11.8 Å². The third-order valence-corrected chi connectivity index (χ3v) is 6.19. The van der Waals surface area contributed by atoms with Gasteiger partial charge in [-0.2, -0.15) is 26.3 Å². The van der Waals surface area contributed by atoms with E-state index in [9.17, 15) is 81.1 Å². The monoisotopic (exact) mass is 678 g/mol. The lowest BCUT2D eigenvalue weighted by Crippen LogP contribution is -2.78. The summed E-state index contributed by atoms with van der Waals surface area (Å²) in [5.41, 5.74) is -8.71. The van der Waals surface area contributed by atoms with E-state index in [2.05, 4.69) is 4.74 Å². The second-order valence-electron chi connectivity index (χ2n) is 8.58. The quantitative estimate of drug-likeness (QED) is 0.127. The Balaban J connectivity index is 2.04. The van der Waals surface area contributed by atoms with Crippen molar-refractivity contribution in [2.75, 3.05) is 0 Å². The fourth-order valence-electron chi connectivity index (χ4n) is 4.02. The second kappa shape index (κ2) is 9.47. The minimum atomic E-state index is -7.03. The Kier molecular flexibility index (Phi) is 6.91. The summed E-state index contributed by atoms with van der Waals surface area (Å²) in [5, 5.41) is 6.55. The van der Waals surface area contributed by atoms with Crippen LogP contribution < -0.4 is 4.74 Å². The minimum absolute atomic E-state index is 2.18. The first-order valence-electron chi connectivity index (χ1n) is 10.6. The molecule has 0 radical (unpaired) electrons. The van der Waals surface area contributed by atoms with Crippen molar-refractivity contribution in [3.8, 4) is 5.75 Å². The van der Waals surface area contributed by atoms with Gasteiger partial charge in [0, 0.05) is 0 Å². The zero-order valence-electron chi connectivity index (χ0n) is 20.0. The number of hydrogen-bond acceptors (Lipinski definition) is 6. The van der Waals surface area contributed by atoms with Crippen molar-refractivity contribution in [1.82, 2.24) is 10.0 Å². The van der Waals surface area contributed by atoms with E-state index in [4.69, 9.17) is 5.11 Å². The predicted octanol–water partition coefficient (Wildman–Crippen LogP) is 3.87. The van der Waals surface area contributed by atoms with Crippen LogP contribution in [0.4, 0.5) is 65.9 Å². The first kappa shape index (κ1) is 32.8. The molecule has 4 rings (SSSR count). The van der Waals surface area contributed by atoms with Crippen LogP contribution in [0.25, 0.3) is 0 Å². The number of carbonyl (C=O) groups excluding carboxylic acids is 4. The average molecular weight is 678 g/mol. The number of carboxylic acids is 1. The molecule has 242 valence electrons. The Hall–Kier alpha value is -5.06. The van der Waals surface area contributed by atoms with Crippen LogP contribution in [0.15, 0.2) is 0 Å². The number of piperidine rings is 1. The molecule has 2 unspecified atom stereocenters. The third kappa shape index (κ3) is 3.69. The molecular formula is C21HF15N2O7. The number of carbonyl (C=O) groups is 5. The highest BCUT2D eigenvalue weighted by molar-refractivity contribution is 6.25.